The predicted molar refractivity (Wildman–Crippen MR) is 74.3 cm³/mol. The van der Waals surface area contributed by atoms with Crippen molar-refractivity contribution < 1.29 is 4.79 Å². The van der Waals surface area contributed by atoms with Crippen LogP contribution in [0, 0.1) is 18.3 Å². The van der Waals surface area contributed by atoms with Gasteiger partial charge in [-0.15, -0.1) is 0 Å². The van der Waals surface area contributed by atoms with Gasteiger partial charge in [0.2, 0.25) is 5.91 Å². The molecular weight excluding hydrogens is 264 g/mol. The zero-order chi connectivity index (χ0) is 14.4. The minimum absolute atomic E-state index is 0.115. The first-order valence-corrected chi connectivity index (χ1v) is 6.57. The first-order chi connectivity index (χ1) is 8.73. The van der Waals surface area contributed by atoms with E-state index >= 15 is 0 Å². The second kappa shape index (κ2) is 4.74. The summed E-state index contributed by atoms with van der Waals surface area (Å²) in [6.07, 6.45) is -0.827. The number of pyridine rings is 1. The van der Waals surface area contributed by atoms with Crippen molar-refractivity contribution in [3.8, 4) is 0 Å². The SMILES string of the molecule is Cc1cc([C@@H]2[C@@H](C(=O)NC(N)N)C2(C)C)cc(Cl)n1. The van der Waals surface area contributed by atoms with Crippen molar-refractivity contribution in [2.45, 2.75) is 33.0 Å². The number of rotatable bonds is 3. The number of hydrogen-bond donors (Lipinski definition) is 3. The molecule has 1 saturated carbocycles. The van der Waals surface area contributed by atoms with Gasteiger partial charge in [0.05, 0.1) is 5.92 Å². The zero-order valence-corrected chi connectivity index (χ0v) is 12.0. The molecule has 5 N–H and O–H groups in total. The van der Waals surface area contributed by atoms with Gasteiger partial charge in [0, 0.05) is 11.6 Å². The van der Waals surface area contributed by atoms with Gasteiger partial charge < -0.3 is 5.32 Å². The third kappa shape index (κ3) is 2.73. The Morgan fingerprint density at radius 3 is 2.63 bits per heavy atom. The Labute approximate surface area is 117 Å². The molecule has 1 aliphatic rings. The first kappa shape index (κ1) is 14.2. The highest BCUT2D eigenvalue weighted by Crippen LogP contribution is 2.64. The third-order valence-corrected chi connectivity index (χ3v) is 3.92. The summed E-state index contributed by atoms with van der Waals surface area (Å²) in [5, 5.41) is 3.01. The molecule has 0 aliphatic heterocycles. The van der Waals surface area contributed by atoms with Gasteiger partial charge in [-0.3, -0.25) is 16.3 Å². The number of hydrogen-bond acceptors (Lipinski definition) is 4. The van der Waals surface area contributed by atoms with Gasteiger partial charge in [-0.2, -0.15) is 0 Å². The maximum absolute atomic E-state index is 12.1. The second-order valence-electron chi connectivity index (χ2n) is 5.68. The highest BCUT2D eigenvalue weighted by molar-refractivity contribution is 6.29. The Balaban J connectivity index is 2.24. The number of nitrogens with two attached hydrogens (primary N) is 2. The van der Waals surface area contributed by atoms with Gasteiger partial charge in [0.1, 0.15) is 11.4 Å². The molecule has 5 nitrogen and oxygen atoms in total. The van der Waals surface area contributed by atoms with Crippen LogP contribution < -0.4 is 16.8 Å². The molecule has 19 heavy (non-hydrogen) atoms. The fourth-order valence-electron chi connectivity index (χ4n) is 2.84. The van der Waals surface area contributed by atoms with E-state index in [2.05, 4.69) is 10.3 Å². The predicted octanol–water partition coefficient (Wildman–Crippen LogP) is 1.10. The number of carbonyl (C=O) groups excluding carboxylic acids is 1. The third-order valence-electron chi connectivity index (χ3n) is 3.72. The fourth-order valence-corrected chi connectivity index (χ4v) is 3.10. The van der Waals surface area contributed by atoms with Crippen LogP contribution in [0.15, 0.2) is 12.1 Å². The van der Waals surface area contributed by atoms with Crippen LogP contribution in [0.5, 0.6) is 0 Å². The number of nitrogens with one attached hydrogen (secondary N) is 1. The van der Waals surface area contributed by atoms with Gasteiger partial charge in [-0.05, 0) is 30.0 Å². The van der Waals surface area contributed by atoms with Crippen LogP contribution >= 0.6 is 11.6 Å². The van der Waals surface area contributed by atoms with Crippen LogP contribution in [0.2, 0.25) is 5.15 Å². The Bertz CT molecular complexity index is 495. The summed E-state index contributed by atoms with van der Waals surface area (Å²) in [6.45, 7) is 5.98. The van der Waals surface area contributed by atoms with E-state index in [1.165, 1.54) is 0 Å². The maximum atomic E-state index is 12.1. The van der Waals surface area contributed by atoms with E-state index in [9.17, 15) is 4.79 Å². The molecule has 2 atom stereocenters. The van der Waals surface area contributed by atoms with Gasteiger partial charge in [-0.25, -0.2) is 4.98 Å². The minimum Gasteiger partial charge on any atom is -0.328 e. The minimum atomic E-state index is -0.827. The second-order valence-corrected chi connectivity index (χ2v) is 6.06. The molecule has 0 aromatic carbocycles. The lowest BCUT2D eigenvalue weighted by Gasteiger charge is -2.08. The van der Waals surface area contributed by atoms with E-state index in [4.69, 9.17) is 23.1 Å². The Morgan fingerprint density at radius 2 is 2.11 bits per heavy atom. The summed E-state index contributed by atoms with van der Waals surface area (Å²) in [7, 11) is 0. The Hall–Kier alpha value is -1.17. The van der Waals surface area contributed by atoms with Crippen molar-refractivity contribution in [2.24, 2.45) is 22.8 Å². The highest BCUT2D eigenvalue weighted by atomic mass is 35.5. The summed E-state index contributed by atoms with van der Waals surface area (Å²) >= 11 is 5.98. The summed E-state index contributed by atoms with van der Waals surface area (Å²) in [4.78, 5) is 16.2. The number of amides is 1. The largest absolute Gasteiger partial charge is 0.328 e. The molecule has 0 spiro atoms. The summed E-state index contributed by atoms with van der Waals surface area (Å²) < 4.78 is 0. The van der Waals surface area contributed by atoms with E-state index in [1.807, 2.05) is 32.9 Å². The van der Waals surface area contributed by atoms with Crippen LogP contribution in [0.3, 0.4) is 0 Å². The van der Waals surface area contributed by atoms with E-state index in [0.717, 1.165) is 11.3 Å². The molecule has 0 unspecified atom stereocenters. The van der Waals surface area contributed by atoms with Crippen molar-refractivity contribution >= 4 is 17.5 Å². The molecular formula is C13H19ClN4O. The van der Waals surface area contributed by atoms with E-state index in [0.29, 0.717) is 5.15 Å². The highest BCUT2D eigenvalue weighted by Gasteiger charge is 2.62. The smallest absolute Gasteiger partial charge is 0.226 e. The average molecular weight is 283 g/mol. The van der Waals surface area contributed by atoms with E-state index in [-0.39, 0.29) is 23.2 Å². The topological polar surface area (TPSA) is 94.0 Å². The fraction of sp³-hybridized carbons (Fsp3) is 0.538. The van der Waals surface area contributed by atoms with Crippen molar-refractivity contribution in [3.63, 3.8) is 0 Å². The molecule has 1 heterocycles. The molecule has 1 aromatic rings. The van der Waals surface area contributed by atoms with Gasteiger partial charge in [0.15, 0.2) is 0 Å². The molecule has 2 rings (SSSR count). The van der Waals surface area contributed by atoms with Crippen molar-refractivity contribution in [1.29, 1.82) is 0 Å². The molecule has 0 radical (unpaired) electrons. The Kier molecular flexibility index (Phi) is 3.55. The first-order valence-electron chi connectivity index (χ1n) is 6.19. The van der Waals surface area contributed by atoms with E-state index < -0.39 is 6.29 Å². The maximum Gasteiger partial charge on any atom is 0.226 e. The average Bonchev–Trinajstić information content (AvgIpc) is 2.79. The molecule has 104 valence electrons. The molecule has 0 saturated heterocycles. The number of aromatic nitrogens is 1. The van der Waals surface area contributed by atoms with Crippen molar-refractivity contribution in [1.82, 2.24) is 10.3 Å². The molecule has 1 aromatic heterocycles. The molecule has 1 aliphatic carbocycles. The van der Waals surface area contributed by atoms with Gasteiger partial charge >= 0.3 is 0 Å². The number of halogens is 1. The van der Waals surface area contributed by atoms with Crippen molar-refractivity contribution in [3.05, 3.63) is 28.5 Å². The lowest BCUT2D eigenvalue weighted by Crippen LogP contribution is -2.49. The van der Waals surface area contributed by atoms with E-state index in [1.54, 1.807) is 0 Å². The summed E-state index contributed by atoms with van der Waals surface area (Å²) in [5.74, 6) is -0.138. The Morgan fingerprint density at radius 1 is 1.47 bits per heavy atom. The number of nitrogens with zero attached hydrogens (tertiary/aromatic N) is 1. The van der Waals surface area contributed by atoms with Crippen LogP contribution in [0.25, 0.3) is 0 Å². The molecule has 6 heteroatoms. The van der Waals surface area contributed by atoms with Crippen LogP contribution in [-0.2, 0) is 4.79 Å². The van der Waals surface area contributed by atoms with Gasteiger partial charge in [-0.1, -0.05) is 25.4 Å². The monoisotopic (exact) mass is 282 g/mol. The lowest BCUT2D eigenvalue weighted by molar-refractivity contribution is -0.123. The molecule has 1 fully saturated rings. The molecule has 1 amide bonds. The van der Waals surface area contributed by atoms with Crippen LogP contribution in [0.1, 0.15) is 31.0 Å². The molecule has 0 bridgehead atoms. The quantitative estimate of drug-likeness (QED) is 0.572. The van der Waals surface area contributed by atoms with Crippen LogP contribution in [0.4, 0.5) is 0 Å². The summed E-state index contributed by atoms with van der Waals surface area (Å²) in [5.41, 5.74) is 12.5. The normalized spacial score (nSPS) is 24.4. The van der Waals surface area contributed by atoms with Crippen LogP contribution in [-0.4, -0.2) is 17.2 Å². The lowest BCUT2D eigenvalue weighted by atomic mass is 10.0. The van der Waals surface area contributed by atoms with Crippen molar-refractivity contribution in [2.75, 3.05) is 0 Å². The number of aryl methyl sites for hydroxylation is 1. The van der Waals surface area contributed by atoms with Gasteiger partial charge in [0.25, 0.3) is 0 Å². The zero-order valence-electron chi connectivity index (χ0n) is 11.3. The standard InChI is InChI=1S/C13H19ClN4O/c1-6-4-7(5-8(14)17-6)9-10(13(9,2)3)11(19)18-12(15)16/h4-5,9-10,12H,15-16H2,1-3H3,(H,18,19)/t9-,10+/m1/s1. The number of carbonyl (C=O) groups is 1. The summed E-state index contributed by atoms with van der Waals surface area (Å²) in [6, 6.07) is 3.78.